The van der Waals surface area contributed by atoms with Crippen molar-refractivity contribution in [3.8, 4) is 11.4 Å². The van der Waals surface area contributed by atoms with E-state index in [1.54, 1.807) is 6.92 Å². The van der Waals surface area contributed by atoms with Gasteiger partial charge in [-0.25, -0.2) is 9.97 Å². The number of hydrogen-bond acceptors (Lipinski definition) is 5. The third kappa shape index (κ3) is 4.85. The fraction of sp³-hybridized carbons (Fsp3) is 0.441. The van der Waals surface area contributed by atoms with Crippen LogP contribution in [0.1, 0.15) is 68.5 Å². The molecule has 2 aliphatic rings. The Hall–Kier alpha value is -3.87. The molecule has 0 radical (unpaired) electrons. The second-order valence-electron chi connectivity index (χ2n) is 12.4. The molecule has 0 aliphatic carbocycles. The molecule has 7 heteroatoms. The summed E-state index contributed by atoms with van der Waals surface area (Å²) in [5.74, 6) is 2.41. The molecule has 2 atom stereocenters. The van der Waals surface area contributed by atoms with Gasteiger partial charge in [0.15, 0.2) is 5.82 Å². The van der Waals surface area contributed by atoms with Crippen LogP contribution in [0, 0.1) is 13.8 Å². The first-order valence-corrected chi connectivity index (χ1v) is 15.0. The van der Waals surface area contributed by atoms with E-state index in [-0.39, 0.29) is 18.0 Å². The highest BCUT2D eigenvalue weighted by Crippen LogP contribution is 2.37. The Labute approximate surface area is 243 Å². The lowest BCUT2D eigenvalue weighted by molar-refractivity contribution is -0.131. The minimum Gasteiger partial charge on any atom is -0.366 e. The van der Waals surface area contributed by atoms with Crippen LogP contribution in [0.3, 0.4) is 0 Å². The third-order valence-electron chi connectivity index (χ3n) is 9.09. The quantitative estimate of drug-likeness (QED) is 0.320. The molecule has 0 saturated carbocycles. The van der Waals surface area contributed by atoms with E-state index in [0.29, 0.717) is 12.5 Å². The molecule has 1 amide bonds. The van der Waals surface area contributed by atoms with Gasteiger partial charge in [0.05, 0.1) is 5.69 Å². The highest BCUT2D eigenvalue weighted by atomic mass is 16.2. The smallest absolute Gasteiger partial charge is 0.219 e. The van der Waals surface area contributed by atoms with Crippen molar-refractivity contribution < 1.29 is 4.79 Å². The van der Waals surface area contributed by atoms with Gasteiger partial charge in [0.1, 0.15) is 5.82 Å². The van der Waals surface area contributed by atoms with E-state index in [0.717, 1.165) is 54.5 Å². The van der Waals surface area contributed by atoms with E-state index in [1.165, 1.54) is 33.3 Å². The summed E-state index contributed by atoms with van der Waals surface area (Å²) in [7, 11) is 0. The van der Waals surface area contributed by atoms with Crippen LogP contribution < -0.4 is 9.80 Å². The Balaban J connectivity index is 1.48. The lowest BCUT2D eigenvalue weighted by Gasteiger charge is -2.45. The van der Waals surface area contributed by atoms with E-state index < -0.39 is 0 Å². The van der Waals surface area contributed by atoms with Crippen molar-refractivity contribution in [1.82, 2.24) is 19.9 Å². The van der Waals surface area contributed by atoms with Gasteiger partial charge >= 0.3 is 0 Å². The first-order chi connectivity index (χ1) is 19.6. The lowest BCUT2D eigenvalue weighted by atomic mass is 9.97. The largest absolute Gasteiger partial charge is 0.366 e. The van der Waals surface area contributed by atoms with Crippen LogP contribution >= 0.6 is 0 Å². The summed E-state index contributed by atoms with van der Waals surface area (Å²) in [5, 5.41) is 1.18. The molecule has 7 nitrogen and oxygen atoms in total. The van der Waals surface area contributed by atoms with E-state index in [2.05, 4.69) is 98.9 Å². The summed E-state index contributed by atoms with van der Waals surface area (Å²) < 4.78 is 0. The van der Waals surface area contributed by atoms with Gasteiger partial charge in [-0.1, -0.05) is 38.1 Å². The van der Waals surface area contributed by atoms with Crippen LogP contribution in [0.2, 0.25) is 0 Å². The van der Waals surface area contributed by atoms with Crippen LogP contribution in [-0.2, 0) is 17.8 Å². The minimum absolute atomic E-state index is 0.109. The maximum absolute atomic E-state index is 12.4. The van der Waals surface area contributed by atoms with Crippen LogP contribution in [0.25, 0.3) is 22.3 Å². The average Bonchev–Trinajstić information content (AvgIpc) is 3.34. The number of piperazine rings is 1. The fourth-order valence-corrected chi connectivity index (χ4v) is 6.69. The Morgan fingerprint density at radius 3 is 2.59 bits per heavy atom. The number of carbonyl (C=O) groups is 1. The molecular formula is C34H42N6O. The van der Waals surface area contributed by atoms with Gasteiger partial charge < -0.3 is 19.7 Å². The number of aryl methyl sites for hydroxylation is 2. The number of carbonyl (C=O) groups excluding carboxylic acids is 1. The molecule has 2 aliphatic heterocycles. The molecular weight excluding hydrogens is 508 g/mol. The number of rotatable bonds is 4. The van der Waals surface area contributed by atoms with Gasteiger partial charge in [0, 0.05) is 85.5 Å². The minimum atomic E-state index is 0.109. The fourth-order valence-electron chi connectivity index (χ4n) is 6.69. The monoisotopic (exact) mass is 550 g/mol. The Morgan fingerprint density at radius 2 is 1.83 bits per heavy atom. The number of nitrogens with zero attached hydrogens (tertiary/aromatic N) is 5. The zero-order valence-corrected chi connectivity index (χ0v) is 25.5. The number of benzene rings is 2. The first kappa shape index (κ1) is 27.3. The number of fused-ring (bicyclic) bond motifs is 2. The maximum Gasteiger partial charge on any atom is 0.219 e. The highest BCUT2D eigenvalue weighted by molar-refractivity contribution is 5.96. The zero-order chi connectivity index (χ0) is 29.0. The summed E-state index contributed by atoms with van der Waals surface area (Å²) in [4.78, 5) is 33.3. The Kier molecular flexibility index (Phi) is 7.00. The molecule has 0 spiro atoms. The van der Waals surface area contributed by atoms with Crippen molar-refractivity contribution in [2.75, 3.05) is 29.4 Å². The molecule has 6 rings (SSSR count). The maximum atomic E-state index is 12.4. The zero-order valence-electron chi connectivity index (χ0n) is 25.5. The van der Waals surface area contributed by atoms with Crippen molar-refractivity contribution in [2.24, 2.45) is 0 Å². The summed E-state index contributed by atoms with van der Waals surface area (Å²) >= 11 is 0. The van der Waals surface area contributed by atoms with Crippen molar-refractivity contribution in [3.63, 3.8) is 0 Å². The van der Waals surface area contributed by atoms with Crippen LogP contribution in [0.15, 0.2) is 42.6 Å². The average molecular weight is 551 g/mol. The lowest BCUT2D eigenvalue weighted by Crippen LogP contribution is -2.58. The molecule has 1 N–H and O–H groups in total. The highest BCUT2D eigenvalue weighted by Gasteiger charge is 2.35. The number of nitrogens with one attached hydrogen (secondary N) is 1. The Bertz CT molecular complexity index is 1620. The van der Waals surface area contributed by atoms with Gasteiger partial charge in [-0.2, -0.15) is 0 Å². The summed E-state index contributed by atoms with van der Waals surface area (Å²) in [5.41, 5.74) is 9.67. The van der Waals surface area contributed by atoms with Gasteiger partial charge in [-0.15, -0.1) is 0 Å². The summed E-state index contributed by atoms with van der Waals surface area (Å²) in [6.45, 7) is 18.0. The molecule has 4 aromatic rings. The van der Waals surface area contributed by atoms with E-state index in [4.69, 9.17) is 9.97 Å². The molecule has 1 fully saturated rings. The molecule has 0 bridgehead atoms. The van der Waals surface area contributed by atoms with Crippen LogP contribution in [0.5, 0.6) is 0 Å². The van der Waals surface area contributed by atoms with Crippen molar-refractivity contribution in [3.05, 3.63) is 70.5 Å². The number of aromatic amines is 1. The standard InChI is InChI=1S/C34H42N6O/c1-20(2)26-12-11-21(3)31(15-26)38-14-13-29-28(19-38)34(40-18-23(5)39(25(7)41)17-24(40)6)37-33(36-29)27-9-8-10-30-32(27)22(4)16-35-30/h8-12,15-16,20,23-24,35H,13-14,17-19H2,1-7H3/t23-,24+/m0/s1. The number of amides is 1. The van der Waals surface area contributed by atoms with E-state index in [9.17, 15) is 4.79 Å². The van der Waals surface area contributed by atoms with Crippen LogP contribution in [0.4, 0.5) is 11.5 Å². The number of hydrogen-bond donors (Lipinski definition) is 1. The second-order valence-corrected chi connectivity index (χ2v) is 12.4. The normalized spacial score (nSPS) is 19.3. The van der Waals surface area contributed by atoms with E-state index >= 15 is 0 Å². The van der Waals surface area contributed by atoms with Gasteiger partial charge in [0.2, 0.25) is 5.91 Å². The third-order valence-corrected chi connectivity index (χ3v) is 9.09. The molecule has 214 valence electrons. The summed E-state index contributed by atoms with van der Waals surface area (Å²) in [6, 6.07) is 13.5. The molecule has 2 aromatic heterocycles. The molecule has 0 unspecified atom stereocenters. The second kappa shape index (κ2) is 10.5. The van der Waals surface area contributed by atoms with Crippen molar-refractivity contribution in [1.29, 1.82) is 0 Å². The first-order valence-electron chi connectivity index (χ1n) is 15.0. The predicted octanol–water partition coefficient (Wildman–Crippen LogP) is 6.37. The molecule has 2 aromatic carbocycles. The topological polar surface area (TPSA) is 68.4 Å². The number of H-pyrrole nitrogens is 1. The predicted molar refractivity (Wildman–Crippen MR) is 168 cm³/mol. The van der Waals surface area contributed by atoms with Gasteiger partial charge in [-0.05, 0) is 62.4 Å². The molecule has 1 saturated heterocycles. The SMILES string of the molecule is CC(=O)N1C[C@@H](C)N(c2nc(-c3cccc4[nH]cc(C)c34)nc3c2CN(c2cc(C(C)C)ccc2C)CC3)C[C@@H]1C. The number of anilines is 2. The van der Waals surface area contributed by atoms with Crippen molar-refractivity contribution >= 4 is 28.3 Å². The number of aromatic nitrogens is 3. The van der Waals surface area contributed by atoms with Crippen molar-refractivity contribution in [2.45, 2.75) is 79.4 Å². The molecule has 41 heavy (non-hydrogen) atoms. The molecule has 4 heterocycles. The van der Waals surface area contributed by atoms with Gasteiger partial charge in [0.25, 0.3) is 0 Å². The van der Waals surface area contributed by atoms with E-state index in [1.807, 2.05) is 4.90 Å². The Morgan fingerprint density at radius 1 is 1.02 bits per heavy atom. The summed E-state index contributed by atoms with van der Waals surface area (Å²) in [6.07, 6.45) is 2.92. The van der Waals surface area contributed by atoms with Gasteiger partial charge in [-0.3, -0.25) is 4.79 Å². The van der Waals surface area contributed by atoms with Crippen LogP contribution in [-0.4, -0.2) is 57.5 Å².